The van der Waals surface area contributed by atoms with Gasteiger partial charge in [0.2, 0.25) is 6.08 Å². The first kappa shape index (κ1) is 13.4. The third-order valence-corrected chi connectivity index (χ3v) is 3.81. The Balaban J connectivity index is 2.30. The monoisotopic (exact) mass is 223 g/mol. The molecule has 0 atom stereocenters. The molecule has 0 aliphatic heterocycles. The van der Waals surface area contributed by atoms with Crippen LogP contribution in [0.1, 0.15) is 77.6 Å². The molecule has 16 heavy (non-hydrogen) atoms. The molecule has 92 valence electrons. The average molecular weight is 223 g/mol. The molecule has 0 aromatic carbocycles. The van der Waals surface area contributed by atoms with Gasteiger partial charge in [0.25, 0.3) is 0 Å². The fourth-order valence-corrected chi connectivity index (χ4v) is 2.78. The minimum absolute atomic E-state index is 0.0216. The van der Waals surface area contributed by atoms with E-state index < -0.39 is 0 Å². The highest BCUT2D eigenvalue weighted by molar-refractivity contribution is 5.35. The molecule has 0 heterocycles. The summed E-state index contributed by atoms with van der Waals surface area (Å²) < 4.78 is 0. The second-order valence-electron chi connectivity index (χ2n) is 5.15. The topological polar surface area (TPSA) is 29.4 Å². The molecule has 2 nitrogen and oxygen atoms in total. The summed E-state index contributed by atoms with van der Waals surface area (Å²) in [7, 11) is 0. The fraction of sp³-hybridized carbons (Fsp3) is 0.929. The highest BCUT2D eigenvalue weighted by Crippen LogP contribution is 2.35. The molecule has 0 saturated heterocycles. The highest BCUT2D eigenvalue weighted by atomic mass is 16.1. The number of isocyanates is 1. The molecule has 0 bridgehead atoms. The smallest absolute Gasteiger partial charge is 0.211 e. The van der Waals surface area contributed by atoms with Crippen molar-refractivity contribution in [2.45, 2.75) is 83.1 Å². The summed E-state index contributed by atoms with van der Waals surface area (Å²) in [6, 6.07) is 0. The van der Waals surface area contributed by atoms with Crippen LogP contribution in [0.2, 0.25) is 0 Å². The molecule has 0 unspecified atom stereocenters. The fourth-order valence-electron chi connectivity index (χ4n) is 2.78. The van der Waals surface area contributed by atoms with E-state index >= 15 is 0 Å². The summed E-state index contributed by atoms with van der Waals surface area (Å²) in [6.45, 7) is 2.24. The van der Waals surface area contributed by atoms with Gasteiger partial charge in [-0.15, -0.1) is 0 Å². The van der Waals surface area contributed by atoms with Gasteiger partial charge in [0.15, 0.2) is 0 Å². The maximum atomic E-state index is 10.5. The molecule has 1 aliphatic rings. The van der Waals surface area contributed by atoms with Gasteiger partial charge in [0, 0.05) is 0 Å². The molecule has 1 saturated carbocycles. The summed E-state index contributed by atoms with van der Waals surface area (Å²) in [4.78, 5) is 14.6. The Kier molecular flexibility index (Phi) is 6.40. The Morgan fingerprint density at radius 2 is 1.75 bits per heavy atom. The van der Waals surface area contributed by atoms with Gasteiger partial charge in [-0.1, -0.05) is 58.3 Å². The van der Waals surface area contributed by atoms with Crippen LogP contribution in [0.15, 0.2) is 4.99 Å². The predicted octanol–water partition coefficient (Wildman–Crippen LogP) is 4.39. The lowest BCUT2D eigenvalue weighted by atomic mass is 9.78. The first-order chi connectivity index (χ1) is 7.83. The number of carbonyl (C=O) groups excluding carboxylic acids is 1. The van der Waals surface area contributed by atoms with Crippen molar-refractivity contribution in [2.75, 3.05) is 0 Å². The van der Waals surface area contributed by atoms with Crippen LogP contribution in [0.3, 0.4) is 0 Å². The third kappa shape index (κ3) is 4.49. The lowest BCUT2D eigenvalue weighted by Crippen LogP contribution is -2.29. The van der Waals surface area contributed by atoms with E-state index in [1.807, 2.05) is 0 Å². The highest BCUT2D eigenvalue weighted by Gasteiger charge is 2.30. The van der Waals surface area contributed by atoms with Gasteiger partial charge in [0.05, 0.1) is 5.54 Å². The van der Waals surface area contributed by atoms with Gasteiger partial charge in [-0.05, 0) is 19.3 Å². The van der Waals surface area contributed by atoms with Crippen LogP contribution in [-0.4, -0.2) is 11.6 Å². The largest absolute Gasteiger partial charge is 0.235 e. The molecule has 0 N–H and O–H groups in total. The van der Waals surface area contributed by atoms with Crippen molar-refractivity contribution >= 4 is 6.08 Å². The second kappa shape index (κ2) is 7.62. The number of hydrogen-bond acceptors (Lipinski definition) is 2. The van der Waals surface area contributed by atoms with E-state index in [9.17, 15) is 4.79 Å². The van der Waals surface area contributed by atoms with Crippen molar-refractivity contribution < 1.29 is 4.79 Å². The number of rotatable bonds is 7. The molecule has 1 rings (SSSR count). The molecule has 2 heteroatoms. The summed E-state index contributed by atoms with van der Waals surface area (Å²) in [5.74, 6) is 0. The van der Waals surface area contributed by atoms with E-state index in [2.05, 4.69) is 11.9 Å². The molecule has 0 aromatic heterocycles. The molecule has 0 aromatic rings. The normalized spacial score (nSPS) is 19.1. The number of hydrogen-bond donors (Lipinski definition) is 0. The molecule has 0 amide bonds. The van der Waals surface area contributed by atoms with Crippen LogP contribution in [0.4, 0.5) is 0 Å². The maximum Gasteiger partial charge on any atom is 0.235 e. The van der Waals surface area contributed by atoms with Crippen LogP contribution in [0.5, 0.6) is 0 Å². The lowest BCUT2D eigenvalue weighted by Gasteiger charge is -2.32. The average Bonchev–Trinajstić information content (AvgIpc) is 2.30. The van der Waals surface area contributed by atoms with Gasteiger partial charge < -0.3 is 0 Å². The van der Waals surface area contributed by atoms with Crippen LogP contribution >= 0.6 is 0 Å². The Morgan fingerprint density at radius 1 is 1.06 bits per heavy atom. The molecule has 0 radical (unpaired) electrons. The quantitative estimate of drug-likeness (QED) is 0.357. The van der Waals surface area contributed by atoms with E-state index in [0.29, 0.717) is 0 Å². The van der Waals surface area contributed by atoms with E-state index in [0.717, 1.165) is 19.3 Å². The van der Waals surface area contributed by atoms with E-state index in [1.54, 1.807) is 6.08 Å². The SMILES string of the molecule is CCCCCCCC1(N=C=O)CCCCC1. The van der Waals surface area contributed by atoms with Crippen LogP contribution < -0.4 is 0 Å². The first-order valence-electron chi connectivity index (χ1n) is 6.92. The van der Waals surface area contributed by atoms with Crippen molar-refractivity contribution in [3.05, 3.63) is 0 Å². The number of nitrogens with zero attached hydrogens (tertiary/aromatic N) is 1. The number of aliphatic imine (C=N–C) groups is 1. The zero-order chi connectivity index (χ0) is 11.7. The molecule has 1 aliphatic carbocycles. The zero-order valence-corrected chi connectivity index (χ0v) is 10.6. The van der Waals surface area contributed by atoms with Crippen molar-refractivity contribution in [3.8, 4) is 0 Å². The minimum atomic E-state index is -0.0216. The zero-order valence-electron chi connectivity index (χ0n) is 10.6. The number of unbranched alkanes of at least 4 members (excludes halogenated alkanes) is 4. The second-order valence-corrected chi connectivity index (χ2v) is 5.15. The van der Waals surface area contributed by atoms with Gasteiger partial charge >= 0.3 is 0 Å². The Morgan fingerprint density at radius 3 is 2.38 bits per heavy atom. The lowest BCUT2D eigenvalue weighted by molar-refractivity contribution is 0.271. The van der Waals surface area contributed by atoms with E-state index in [1.165, 1.54) is 51.4 Å². The molecular weight excluding hydrogens is 198 g/mol. The van der Waals surface area contributed by atoms with Crippen LogP contribution in [0, 0.1) is 0 Å². The minimum Gasteiger partial charge on any atom is -0.211 e. The maximum absolute atomic E-state index is 10.5. The van der Waals surface area contributed by atoms with Gasteiger partial charge in [-0.3, -0.25) is 0 Å². The van der Waals surface area contributed by atoms with Crippen LogP contribution in [-0.2, 0) is 4.79 Å². The Labute approximate surface area is 99.5 Å². The van der Waals surface area contributed by atoms with E-state index in [-0.39, 0.29) is 5.54 Å². The Hall–Kier alpha value is -0.620. The predicted molar refractivity (Wildman–Crippen MR) is 67.3 cm³/mol. The van der Waals surface area contributed by atoms with E-state index in [4.69, 9.17) is 0 Å². The summed E-state index contributed by atoms with van der Waals surface area (Å²) in [6.07, 6.45) is 15.4. The molecule has 0 spiro atoms. The Bertz CT molecular complexity index is 225. The van der Waals surface area contributed by atoms with Gasteiger partial charge in [0.1, 0.15) is 0 Å². The van der Waals surface area contributed by atoms with Crippen LogP contribution in [0.25, 0.3) is 0 Å². The first-order valence-corrected chi connectivity index (χ1v) is 6.92. The summed E-state index contributed by atoms with van der Waals surface area (Å²) in [5.41, 5.74) is -0.0216. The summed E-state index contributed by atoms with van der Waals surface area (Å²) in [5, 5.41) is 0. The molecular formula is C14H25NO. The van der Waals surface area contributed by atoms with Gasteiger partial charge in [-0.25, -0.2) is 4.79 Å². The van der Waals surface area contributed by atoms with Crippen molar-refractivity contribution in [3.63, 3.8) is 0 Å². The van der Waals surface area contributed by atoms with Crippen molar-refractivity contribution in [1.82, 2.24) is 0 Å². The van der Waals surface area contributed by atoms with Gasteiger partial charge in [-0.2, -0.15) is 4.99 Å². The standard InChI is InChI=1S/C14H25NO/c1-2-3-4-5-7-10-14(15-13-16)11-8-6-9-12-14/h2-12H2,1H3. The molecule has 1 fully saturated rings. The third-order valence-electron chi connectivity index (χ3n) is 3.81. The van der Waals surface area contributed by atoms with Crippen molar-refractivity contribution in [2.24, 2.45) is 4.99 Å². The summed E-state index contributed by atoms with van der Waals surface area (Å²) >= 11 is 0. The van der Waals surface area contributed by atoms with Crippen molar-refractivity contribution in [1.29, 1.82) is 0 Å².